The highest BCUT2D eigenvalue weighted by Crippen LogP contribution is 2.28. The van der Waals surface area contributed by atoms with Crippen molar-refractivity contribution in [1.29, 1.82) is 5.26 Å². The molecule has 0 radical (unpaired) electrons. The summed E-state index contributed by atoms with van der Waals surface area (Å²) in [6.07, 6.45) is 3.23. The summed E-state index contributed by atoms with van der Waals surface area (Å²) in [5, 5.41) is 12.8. The van der Waals surface area contributed by atoms with Crippen LogP contribution < -0.4 is 16.0 Å². The number of rotatable bonds is 12. The van der Waals surface area contributed by atoms with Crippen LogP contribution in [0.3, 0.4) is 0 Å². The second-order valence-corrected chi connectivity index (χ2v) is 9.65. The Morgan fingerprint density at radius 2 is 1.79 bits per heavy atom. The number of piperidine rings is 1. The molecule has 0 unspecified atom stereocenters. The number of nitriles is 1. The lowest BCUT2D eigenvalue weighted by Crippen LogP contribution is -2.47. The number of nitrogens with zero attached hydrogens (tertiary/aromatic N) is 4. The summed E-state index contributed by atoms with van der Waals surface area (Å²) >= 11 is 0. The molecule has 39 heavy (non-hydrogen) atoms. The molecule has 3 N–H and O–H groups in total. The maximum absolute atomic E-state index is 13.0. The number of amides is 1. The van der Waals surface area contributed by atoms with Crippen LogP contribution in [0.4, 0.5) is 17.1 Å². The predicted octanol–water partition coefficient (Wildman–Crippen LogP) is 4.00. The molecule has 2 aromatic rings. The zero-order valence-corrected chi connectivity index (χ0v) is 23.4. The molecular formula is C30H40N6O3. The summed E-state index contributed by atoms with van der Waals surface area (Å²) in [5.74, 6) is -0.379. The van der Waals surface area contributed by atoms with Gasteiger partial charge in [-0.1, -0.05) is 17.7 Å². The van der Waals surface area contributed by atoms with E-state index >= 15 is 0 Å². The van der Waals surface area contributed by atoms with E-state index in [0.717, 1.165) is 56.0 Å². The molecule has 1 fully saturated rings. The minimum Gasteiger partial charge on any atom is -0.404 e. The number of aryl methyl sites for hydroxylation is 1. The van der Waals surface area contributed by atoms with Crippen LogP contribution in [0, 0.1) is 18.3 Å². The van der Waals surface area contributed by atoms with Crippen LogP contribution in [0.25, 0.3) is 0 Å². The molecule has 1 amide bonds. The van der Waals surface area contributed by atoms with Gasteiger partial charge in [-0.15, -0.1) is 0 Å². The van der Waals surface area contributed by atoms with Crippen molar-refractivity contribution in [1.82, 2.24) is 4.90 Å². The smallest absolute Gasteiger partial charge is 0.258 e. The number of nitrogens with two attached hydrogens (primary N) is 1. The summed E-state index contributed by atoms with van der Waals surface area (Å²) in [4.78, 5) is 22.2. The number of methoxy groups -OCH3 is 2. The number of anilines is 2. The van der Waals surface area contributed by atoms with Gasteiger partial charge in [0, 0.05) is 58.3 Å². The van der Waals surface area contributed by atoms with Crippen molar-refractivity contribution in [3.8, 4) is 6.07 Å². The number of hydrogen-bond donors (Lipinski definition) is 2. The summed E-state index contributed by atoms with van der Waals surface area (Å²) in [6.45, 7) is 8.56. The predicted molar refractivity (Wildman–Crippen MR) is 157 cm³/mol. The van der Waals surface area contributed by atoms with Gasteiger partial charge in [-0.05, 0) is 57.0 Å². The van der Waals surface area contributed by atoms with Crippen molar-refractivity contribution in [2.24, 2.45) is 10.7 Å². The topological polar surface area (TPSA) is 116 Å². The van der Waals surface area contributed by atoms with Crippen LogP contribution >= 0.6 is 0 Å². The lowest BCUT2D eigenvalue weighted by Gasteiger charge is -2.39. The van der Waals surface area contributed by atoms with E-state index in [0.29, 0.717) is 36.2 Å². The molecule has 1 aliphatic heterocycles. The summed E-state index contributed by atoms with van der Waals surface area (Å²) in [7, 11) is 3.44. The van der Waals surface area contributed by atoms with E-state index in [4.69, 9.17) is 15.2 Å². The molecule has 0 spiro atoms. The van der Waals surface area contributed by atoms with Crippen LogP contribution in [0.1, 0.15) is 30.9 Å². The minimum absolute atomic E-state index is 0.270. The minimum atomic E-state index is -0.379. The van der Waals surface area contributed by atoms with Gasteiger partial charge in [-0.3, -0.25) is 14.7 Å². The molecule has 0 aromatic heterocycles. The molecule has 2 aromatic carbocycles. The van der Waals surface area contributed by atoms with Crippen LogP contribution in [-0.4, -0.2) is 76.2 Å². The molecule has 0 bridgehead atoms. The highest BCUT2D eigenvalue weighted by atomic mass is 16.5. The molecule has 9 heteroatoms. The van der Waals surface area contributed by atoms with Crippen molar-refractivity contribution in [2.45, 2.75) is 32.7 Å². The van der Waals surface area contributed by atoms with Crippen LogP contribution in [0.5, 0.6) is 0 Å². The number of carbonyl (C=O) groups is 1. The number of hydrogen-bond acceptors (Lipinski definition) is 8. The average Bonchev–Trinajstić information content (AvgIpc) is 2.95. The zero-order chi connectivity index (χ0) is 28.2. The van der Waals surface area contributed by atoms with Crippen LogP contribution in [0.15, 0.2) is 59.2 Å². The fraction of sp³-hybridized carbons (Fsp3) is 0.433. The number of aliphatic imine (C=N–C) groups is 1. The quantitative estimate of drug-likeness (QED) is 0.313. The zero-order valence-electron chi connectivity index (χ0n) is 23.4. The molecule has 1 heterocycles. The third-order valence-corrected chi connectivity index (χ3v) is 6.99. The van der Waals surface area contributed by atoms with Crippen LogP contribution in [-0.2, 0) is 14.3 Å². The van der Waals surface area contributed by atoms with Gasteiger partial charge < -0.3 is 25.4 Å². The maximum atomic E-state index is 13.0. The molecule has 1 aliphatic rings. The van der Waals surface area contributed by atoms with E-state index < -0.39 is 0 Å². The van der Waals surface area contributed by atoms with Crippen molar-refractivity contribution in [3.63, 3.8) is 0 Å². The van der Waals surface area contributed by atoms with E-state index in [1.54, 1.807) is 27.2 Å². The molecule has 208 valence electrons. The van der Waals surface area contributed by atoms with Crippen LogP contribution in [0.2, 0.25) is 0 Å². The molecule has 0 atom stereocenters. The number of carbonyl (C=O) groups excluding carboxylic acids is 1. The van der Waals surface area contributed by atoms with Gasteiger partial charge >= 0.3 is 0 Å². The Kier molecular flexibility index (Phi) is 11.5. The Morgan fingerprint density at radius 1 is 1.15 bits per heavy atom. The first kappa shape index (κ1) is 29.8. The van der Waals surface area contributed by atoms with E-state index in [9.17, 15) is 10.1 Å². The number of ether oxygens (including phenoxy) is 2. The third kappa shape index (κ3) is 8.39. The Balaban J connectivity index is 1.66. The molecule has 3 rings (SSSR count). The standard InChI is InChI=1S/C30H40N6O3/c1-22-5-7-25(8-6-22)33-23(2)28(21-32)30(37)34-26-9-10-29(24(19-26)20-31)36-13-11-27(12-14-36)35(15-17-38-3)16-18-39-4/h5-10,19,21,27H,11-18,32H2,1-4H3,(H,34,37). The summed E-state index contributed by atoms with van der Waals surface area (Å²) in [6, 6.07) is 15.9. The SMILES string of the molecule is COCCN(CCOC)C1CCN(c2ccc(NC(=O)C(=CN)C(C)=Nc3ccc(C)cc3)cc2C#N)CC1. The van der Waals surface area contributed by atoms with Gasteiger partial charge in [0.2, 0.25) is 0 Å². The molecule has 1 saturated heterocycles. The summed E-state index contributed by atoms with van der Waals surface area (Å²) < 4.78 is 10.6. The first-order valence-corrected chi connectivity index (χ1v) is 13.3. The van der Waals surface area contributed by atoms with Gasteiger partial charge in [0.25, 0.3) is 5.91 Å². The average molecular weight is 533 g/mol. The first-order valence-electron chi connectivity index (χ1n) is 13.3. The van der Waals surface area contributed by atoms with E-state index in [2.05, 4.69) is 26.2 Å². The van der Waals surface area contributed by atoms with Gasteiger partial charge in [0.15, 0.2) is 0 Å². The van der Waals surface area contributed by atoms with E-state index in [1.165, 1.54) is 6.20 Å². The van der Waals surface area contributed by atoms with Crippen molar-refractivity contribution < 1.29 is 14.3 Å². The summed E-state index contributed by atoms with van der Waals surface area (Å²) in [5.41, 5.74) is 10.4. The van der Waals surface area contributed by atoms with Crippen molar-refractivity contribution in [3.05, 3.63) is 65.4 Å². The van der Waals surface area contributed by atoms with E-state index in [1.807, 2.05) is 43.3 Å². The Labute approximate surface area is 231 Å². The molecular weight excluding hydrogens is 492 g/mol. The fourth-order valence-corrected chi connectivity index (χ4v) is 4.78. The highest BCUT2D eigenvalue weighted by molar-refractivity contribution is 6.25. The Bertz CT molecular complexity index is 1190. The molecule has 0 saturated carbocycles. The monoisotopic (exact) mass is 532 g/mol. The second-order valence-electron chi connectivity index (χ2n) is 9.65. The van der Waals surface area contributed by atoms with E-state index in [-0.39, 0.29) is 11.5 Å². The second kappa shape index (κ2) is 15.0. The normalized spacial score (nSPS) is 14.9. The molecule has 9 nitrogen and oxygen atoms in total. The van der Waals surface area contributed by atoms with Crippen molar-refractivity contribution >= 4 is 28.7 Å². The largest absolute Gasteiger partial charge is 0.404 e. The number of nitrogens with one attached hydrogen (secondary N) is 1. The van der Waals surface area contributed by atoms with Gasteiger partial charge in [-0.25, -0.2) is 0 Å². The highest BCUT2D eigenvalue weighted by Gasteiger charge is 2.26. The lowest BCUT2D eigenvalue weighted by molar-refractivity contribution is -0.112. The Hall–Kier alpha value is -3.71. The molecule has 0 aliphatic carbocycles. The maximum Gasteiger partial charge on any atom is 0.258 e. The third-order valence-electron chi connectivity index (χ3n) is 6.99. The van der Waals surface area contributed by atoms with Gasteiger partial charge in [-0.2, -0.15) is 5.26 Å². The fourth-order valence-electron chi connectivity index (χ4n) is 4.78. The lowest BCUT2D eigenvalue weighted by atomic mass is 10.0. The van der Waals surface area contributed by atoms with Gasteiger partial charge in [0.05, 0.1) is 41.4 Å². The first-order chi connectivity index (χ1) is 18.9. The Morgan fingerprint density at radius 3 is 2.36 bits per heavy atom. The number of benzene rings is 2. The van der Waals surface area contributed by atoms with Crippen molar-refractivity contribution in [2.75, 3.05) is 63.8 Å². The van der Waals surface area contributed by atoms with Gasteiger partial charge in [0.1, 0.15) is 6.07 Å².